The van der Waals surface area contributed by atoms with Gasteiger partial charge in [0.1, 0.15) is 71.3 Å². The van der Waals surface area contributed by atoms with Gasteiger partial charge in [-0.1, -0.05) is 36.4 Å². The standard InChI is InChI=1S/C48H36N8O19S6.6Na/c1-27-20-31(12-16-41(27)53-51-32-11-15-38-39(22-32)45(78(64,65)66)19-18-44(38)77(61,62)63)49-50-33-10-8-29(46(24-33)79(67,68)69)6-7-30-9-14-36(26-47(30)80(70,71)72)56(57)55-34-13-17-42(28(2)21-34)54-52-35-23-40-37(48(25-35)81(73,74)75)4-3-5-43(40)76(58,59)60;;;;;;/h3-26H,1-2H3,(H6-,55,57,58,59,60,61,62,63,64,65,66,67,68,69,70,71,72,73,74,75);;;;;;/q;6*+1/p-5/b7-6+,50-49?,53-51?;;;;;;. The molecule has 0 bridgehead atoms. The van der Waals surface area contributed by atoms with E-state index in [4.69, 9.17) is 0 Å². The Morgan fingerprint density at radius 2 is 0.701 bits per heavy atom. The molecule has 27 nitrogen and oxygen atoms in total. The van der Waals surface area contributed by atoms with E-state index in [9.17, 15) is 83.0 Å². The Labute approximate surface area is 630 Å². The number of nitrogens with zero attached hydrogens (tertiary/aromatic N) is 8. The average Bonchev–Trinajstić information content (AvgIpc) is 0.870. The van der Waals surface area contributed by atoms with Crippen LogP contribution < -0.4 is 177 Å². The zero-order valence-electron chi connectivity index (χ0n) is 46.7. The second-order valence-electron chi connectivity index (χ2n) is 17.0. The first-order valence-corrected chi connectivity index (χ1v) is 30.6. The minimum Gasteiger partial charge on any atom is -0.744 e. The van der Waals surface area contributed by atoms with Crippen molar-refractivity contribution in [1.82, 2.24) is 0 Å². The molecule has 0 aliphatic rings. The van der Waals surface area contributed by atoms with Crippen LogP contribution in [0.5, 0.6) is 0 Å². The van der Waals surface area contributed by atoms with Gasteiger partial charge in [-0.25, -0.2) is 50.5 Å². The van der Waals surface area contributed by atoms with E-state index in [1.165, 1.54) is 55.5 Å². The number of fused-ring (bicyclic) bond motifs is 2. The largest absolute Gasteiger partial charge is 1.00 e. The van der Waals surface area contributed by atoms with Crippen LogP contribution in [0, 0.1) is 13.8 Å². The fourth-order valence-corrected chi connectivity index (χ4v) is 12.0. The van der Waals surface area contributed by atoms with E-state index in [1.807, 2.05) is 0 Å². The number of aryl methyl sites for hydroxylation is 2. The van der Waals surface area contributed by atoms with E-state index in [0.29, 0.717) is 17.2 Å². The smallest absolute Gasteiger partial charge is 0.744 e. The van der Waals surface area contributed by atoms with E-state index >= 15 is 0 Å². The summed E-state index contributed by atoms with van der Waals surface area (Å²) in [7, 11) is -31.1. The molecule has 0 aliphatic carbocycles. The number of rotatable bonds is 16. The first kappa shape index (κ1) is 80.8. The van der Waals surface area contributed by atoms with Gasteiger partial charge in [-0.05, 0) is 133 Å². The molecule has 0 unspecified atom stereocenters. The van der Waals surface area contributed by atoms with Crippen molar-refractivity contribution < 1.29 is 265 Å². The molecule has 0 amide bonds. The Hall–Kier alpha value is -2.32. The van der Waals surface area contributed by atoms with Crippen LogP contribution in [0.2, 0.25) is 0 Å². The number of hydrogen-bond acceptors (Lipinski definition) is 25. The van der Waals surface area contributed by atoms with Gasteiger partial charge in [0.25, 0.3) is 5.69 Å². The molecular formula is C48H31N8Na6O19S6+. The maximum absolute atomic E-state index is 12.5. The van der Waals surface area contributed by atoms with Gasteiger partial charge >= 0.3 is 177 Å². The summed E-state index contributed by atoms with van der Waals surface area (Å²) in [6.45, 7) is 3.11. The van der Waals surface area contributed by atoms with Crippen LogP contribution in [0.4, 0.5) is 45.5 Å². The van der Waals surface area contributed by atoms with Crippen molar-refractivity contribution in [1.29, 1.82) is 0 Å². The summed E-state index contributed by atoms with van der Waals surface area (Å²) in [6.07, 6.45) is 2.05. The van der Waals surface area contributed by atoms with Crippen LogP contribution in [0.1, 0.15) is 22.3 Å². The maximum atomic E-state index is 12.5. The van der Waals surface area contributed by atoms with Crippen LogP contribution in [0.3, 0.4) is 0 Å². The fourth-order valence-electron chi connectivity index (χ4n) is 7.83. The van der Waals surface area contributed by atoms with Gasteiger partial charge in [-0.15, -0.1) is 0 Å². The van der Waals surface area contributed by atoms with Gasteiger partial charge in [0, 0.05) is 33.7 Å². The quantitative estimate of drug-likeness (QED) is 0.0234. The van der Waals surface area contributed by atoms with E-state index in [0.717, 1.165) is 91.0 Å². The van der Waals surface area contributed by atoms with Crippen LogP contribution in [-0.2, 0) is 60.7 Å². The minimum absolute atomic E-state index is 0. The van der Waals surface area contributed by atoms with Crippen molar-refractivity contribution in [2.75, 3.05) is 0 Å². The molecule has 87 heavy (non-hydrogen) atoms. The number of hydrogen-bond donors (Lipinski definition) is 1. The molecule has 0 fully saturated rings. The molecule has 0 radical (unpaired) electrons. The van der Waals surface area contributed by atoms with Crippen molar-refractivity contribution >= 4 is 140 Å². The predicted molar refractivity (Wildman–Crippen MR) is 276 cm³/mol. The Morgan fingerprint density at radius 1 is 0.345 bits per heavy atom. The summed E-state index contributed by atoms with van der Waals surface area (Å²) < 4.78 is 218. The van der Waals surface area contributed by atoms with Crippen molar-refractivity contribution in [3.05, 3.63) is 156 Å². The molecule has 39 heteroatoms. The van der Waals surface area contributed by atoms with Gasteiger partial charge in [-0.2, -0.15) is 30.7 Å². The minimum atomic E-state index is -5.33. The topological polar surface area (TPSA) is 453 Å². The van der Waals surface area contributed by atoms with Crippen LogP contribution in [-0.4, -0.2) is 87.9 Å². The van der Waals surface area contributed by atoms with Crippen molar-refractivity contribution in [3.8, 4) is 0 Å². The number of benzene rings is 8. The molecule has 1 N–H and O–H groups in total. The fraction of sp³-hybridized carbons (Fsp3) is 0.0417. The Kier molecular flexibility index (Phi) is 29.7. The summed E-state index contributed by atoms with van der Waals surface area (Å²) in [5.41, 5.74) is -0.0422. The average molecular weight is 1350 g/mol. The normalized spacial score (nSPS) is 12.5. The zero-order chi connectivity index (χ0) is 59.2. The molecule has 0 heterocycles. The first-order valence-electron chi connectivity index (χ1n) is 22.2. The van der Waals surface area contributed by atoms with Crippen molar-refractivity contribution in [3.63, 3.8) is 0 Å². The van der Waals surface area contributed by atoms with Crippen LogP contribution in [0.25, 0.3) is 33.7 Å². The second-order valence-corrected chi connectivity index (χ2v) is 25.1. The Bertz CT molecular complexity index is 4890. The van der Waals surface area contributed by atoms with Crippen LogP contribution in [0.15, 0.2) is 199 Å². The third-order valence-electron chi connectivity index (χ3n) is 11.5. The molecule has 418 valence electrons. The van der Waals surface area contributed by atoms with Crippen molar-refractivity contribution in [2.45, 2.75) is 43.2 Å². The first-order chi connectivity index (χ1) is 37.6. The van der Waals surface area contributed by atoms with Gasteiger partial charge in [-0.3, -0.25) is 5.21 Å². The summed E-state index contributed by atoms with van der Waals surface area (Å²) in [4.78, 5) is -4.71. The third kappa shape index (κ3) is 20.3. The Morgan fingerprint density at radius 3 is 1.21 bits per heavy atom. The molecule has 8 rings (SSSR count). The van der Waals surface area contributed by atoms with E-state index in [2.05, 4.69) is 35.8 Å². The molecule has 8 aromatic rings. The molecule has 0 aliphatic heterocycles. The molecule has 0 spiro atoms. The summed E-state index contributed by atoms with van der Waals surface area (Å²) >= 11 is 0. The van der Waals surface area contributed by atoms with Crippen LogP contribution >= 0.6 is 0 Å². The molecule has 0 saturated carbocycles. The second kappa shape index (κ2) is 32.0. The maximum Gasteiger partial charge on any atom is 1.00 e. The Balaban J connectivity index is 0.00000430. The zero-order valence-corrected chi connectivity index (χ0v) is 63.6. The molecule has 8 aromatic carbocycles. The third-order valence-corrected chi connectivity index (χ3v) is 16.8. The van der Waals surface area contributed by atoms with E-state index < -0.39 is 90.1 Å². The summed E-state index contributed by atoms with van der Waals surface area (Å²) in [5.74, 6) is 0. The van der Waals surface area contributed by atoms with Gasteiger partial charge < -0.3 is 27.3 Å². The molecule has 0 saturated heterocycles. The monoisotopic (exact) mass is 1350 g/mol. The molecule has 0 atom stereocenters. The summed E-state index contributed by atoms with van der Waals surface area (Å²) in [5, 5.41) is 37.6. The predicted octanol–water partition coefficient (Wildman–Crippen LogP) is -8.71. The van der Waals surface area contributed by atoms with Gasteiger partial charge in [0.2, 0.25) is 0 Å². The number of azo groups is 4. The van der Waals surface area contributed by atoms with Gasteiger partial charge in [0.15, 0.2) is 0 Å². The van der Waals surface area contributed by atoms with E-state index in [1.54, 1.807) is 6.92 Å². The molecule has 0 aromatic heterocycles. The SMILES string of the molecule is Cc1cc(N=Nc2ccc(/C=C/c3ccc([N+](O)=Nc4ccc(N=Nc5cc(S(=O)(=O)[O-])c6cccc(S(=O)(=O)[O-])c6c5)c(C)c4)cc3S(=O)(=O)[O-])c(S(=O)(=O)[O-])c2)ccc1N=Nc1ccc2c(S(=O)(=O)[O-])ccc(S(=O)(=O)[O-])c2c1.[Na+].[Na+].[Na+].[Na+].[Na+].[Na+]. The van der Waals surface area contributed by atoms with Gasteiger partial charge in [0.05, 0.1) is 68.6 Å². The summed E-state index contributed by atoms with van der Waals surface area (Å²) in [6, 6.07) is 24.5. The van der Waals surface area contributed by atoms with E-state index in [-0.39, 0.29) is 260 Å². The van der Waals surface area contributed by atoms with Crippen molar-refractivity contribution in [2.24, 2.45) is 35.8 Å². The molecular weight excluding hydrogens is 1320 g/mol.